The number of anilines is 1. The van der Waals surface area contributed by atoms with E-state index in [1.165, 1.54) is 5.56 Å². The van der Waals surface area contributed by atoms with Crippen molar-refractivity contribution in [2.45, 2.75) is 18.9 Å². The van der Waals surface area contributed by atoms with Crippen LogP contribution in [0.5, 0.6) is 0 Å². The molecule has 1 heterocycles. The molecule has 25 heavy (non-hydrogen) atoms. The molecule has 3 N–H and O–H groups in total. The van der Waals surface area contributed by atoms with Crippen molar-refractivity contribution in [3.05, 3.63) is 65.2 Å². The Hall–Kier alpha value is -1.88. The zero-order valence-corrected chi connectivity index (χ0v) is 15.1. The number of carbonyl (C=O) groups excluding carboxylic acids is 1. The number of halogens is 1. The minimum Gasteiger partial charge on any atom is -0.330 e. The molecule has 1 saturated heterocycles. The first-order chi connectivity index (χ1) is 12.1. The van der Waals surface area contributed by atoms with Crippen LogP contribution in [0.2, 0.25) is 5.02 Å². The van der Waals surface area contributed by atoms with E-state index in [4.69, 9.17) is 17.3 Å². The minimum absolute atomic E-state index is 0.0439. The first-order valence-electron chi connectivity index (χ1n) is 8.64. The van der Waals surface area contributed by atoms with Gasteiger partial charge in [-0.3, -0.25) is 9.69 Å². The summed E-state index contributed by atoms with van der Waals surface area (Å²) in [7, 11) is 0. The normalized spacial score (nSPS) is 21.9. The summed E-state index contributed by atoms with van der Waals surface area (Å²) < 4.78 is 0. The van der Waals surface area contributed by atoms with Crippen LogP contribution in [0.4, 0.5) is 5.69 Å². The highest BCUT2D eigenvalue weighted by Crippen LogP contribution is 2.33. The van der Waals surface area contributed by atoms with E-state index in [2.05, 4.69) is 34.5 Å². The lowest BCUT2D eigenvalue weighted by Gasteiger charge is -2.23. The predicted octanol–water partition coefficient (Wildman–Crippen LogP) is 3.34. The number of amides is 1. The summed E-state index contributed by atoms with van der Waals surface area (Å²) in [6, 6.07) is 17.5. The Morgan fingerprint density at radius 3 is 2.56 bits per heavy atom. The highest BCUT2D eigenvalue weighted by Gasteiger charge is 2.36. The molecule has 1 amide bonds. The van der Waals surface area contributed by atoms with Crippen molar-refractivity contribution in [2.75, 3.05) is 25.0 Å². The number of nitrogens with one attached hydrogen (secondary N) is 1. The molecule has 0 radical (unpaired) electrons. The van der Waals surface area contributed by atoms with E-state index in [1.807, 2.05) is 31.2 Å². The molecule has 0 saturated carbocycles. The Balaban J connectivity index is 1.69. The predicted molar refractivity (Wildman–Crippen MR) is 103 cm³/mol. The molecule has 2 aromatic rings. The average Bonchev–Trinajstić information content (AvgIpc) is 3.08. The summed E-state index contributed by atoms with van der Waals surface area (Å²) in [5.41, 5.74) is 7.94. The summed E-state index contributed by atoms with van der Waals surface area (Å²) in [5, 5.41) is 3.48. The number of para-hydroxylation sites is 1. The molecule has 3 atom stereocenters. The van der Waals surface area contributed by atoms with Crippen LogP contribution in [-0.4, -0.2) is 36.5 Å². The SMILES string of the molecule is CC(C(=O)Nc1ccccc1Cl)N1C[C@@H](CN)[C@H](c2ccccc2)C1. The number of nitrogens with zero attached hydrogens (tertiary/aromatic N) is 1. The Labute approximate surface area is 154 Å². The van der Waals surface area contributed by atoms with Gasteiger partial charge in [0.25, 0.3) is 0 Å². The van der Waals surface area contributed by atoms with E-state index in [0.717, 1.165) is 13.1 Å². The van der Waals surface area contributed by atoms with Crippen molar-refractivity contribution in [3.63, 3.8) is 0 Å². The third-order valence-corrected chi connectivity index (χ3v) is 5.39. The lowest BCUT2D eigenvalue weighted by atomic mass is 9.89. The third kappa shape index (κ3) is 4.03. The number of likely N-dealkylation sites (tertiary alicyclic amines) is 1. The van der Waals surface area contributed by atoms with Gasteiger partial charge in [0.05, 0.1) is 16.8 Å². The lowest BCUT2D eigenvalue weighted by molar-refractivity contribution is -0.120. The van der Waals surface area contributed by atoms with Crippen LogP contribution < -0.4 is 11.1 Å². The minimum atomic E-state index is -0.237. The molecule has 3 rings (SSSR count). The second-order valence-corrected chi connectivity index (χ2v) is 7.02. The van der Waals surface area contributed by atoms with Gasteiger partial charge < -0.3 is 11.1 Å². The summed E-state index contributed by atoms with van der Waals surface area (Å²) in [5.74, 6) is 0.678. The second kappa shape index (κ2) is 8.00. The molecule has 1 fully saturated rings. The summed E-state index contributed by atoms with van der Waals surface area (Å²) >= 11 is 6.14. The second-order valence-electron chi connectivity index (χ2n) is 6.61. The van der Waals surface area contributed by atoms with E-state index in [-0.39, 0.29) is 11.9 Å². The number of benzene rings is 2. The largest absolute Gasteiger partial charge is 0.330 e. The van der Waals surface area contributed by atoms with Gasteiger partial charge in [-0.2, -0.15) is 0 Å². The van der Waals surface area contributed by atoms with Gasteiger partial charge in [0.2, 0.25) is 5.91 Å². The monoisotopic (exact) mass is 357 g/mol. The van der Waals surface area contributed by atoms with E-state index in [0.29, 0.717) is 29.1 Å². The molecule has 1 unspecified atom stereocenters. The highest BCUT2D eigenvalue weighted by molar-refractivity contribution is 6.33. The fraction of sp³-hybridized carbons (Fsp3) is 0.350. The zero-order chi connectivity index (χ0) is 17.8. The average molecular weight is 358 g/mol. The molecular weight excluding hydrogens is 334 g/mol. The molecule has 4 nitrogen and oxygen atoms in total. The summed E-state index contributed by atoms with van der Waals surface area (Å²) in [6.07, 6.45) is 0. The van der Waals surface area contributed by atoms with Crippen LogP contribution in [-0.2, 0) is 4.79 Å². The van der Waals surface area contributed by atoms with Crippen molar-refractivity contribution >= 4 is 23.2 Å². The van der Waals surface area contributed by atoms with Crippen molar-refractivity contribution < 1.29 is 4.79 Å². The standard InChI is InChI=1S/C20H24ClN3O/c1-14(20(25)23-19-10-6-5-9-18(19)21)24-12-16(11-22)17(13-24)15-7-3-2-4-8-15/h2-10,14,16-17H,11-13,22H2,1H3,(H,23,25)/t14?,16-,17+/m1/s1. The van der Waals surface area contributed by atoms with Crippen molar-refractivity contribution in [3.8, 4) is 0 Å². The molecule has 0 bridgehead atoms. The number of carbonyl (C=O) groups is 1. The van der Waals surface area contributed by atoms with Crippen LogP contribution >= 0.6 is 11.6 Å². The number of rotatable bonds is 5. The first-order valence-corrected chi connectivity index (χ1v) is 9.02. The van der Waals surface area contributed by atoms with E-state index in [9.17, 15) is 4.79 Å². The number of hydrogen-bond acceptors (Lipinski definition) is 3. The van der Waals surface area contributed by atoms with Crippen molar-refractivity contribution in [1.29, 1.82) is 0 Å². The van der Waals surface area contributed by atoms with Gasteiger partial charge in [-0.15, -0.1) is 0 Å². The topological polar surface area (TPSA) is 58.4 Å². The van der Waals surface area contributed by atoms with Gasteiger partial charge in [-0.1, -0.05) is 54.1 Å². The molecular formula is C20H24ClN3O. The molecule has 5 heteroatoms. The molecule has 0 aliphatic carbocycles. The van der Waals surface area contributed by atoms with Gasteiger partial charge in [0.1, 0.15) is 0 Å². The maximum absolute atomic E-state index is 12.6. The van der Waals surface area contributed by atoms with Gasteiger partial charge in [-0.25, -0.2) is 0 Å². The fourth-order valence-corrected chi connectivity index (χ4v) is 3.69. The molecule has 132 valence electrons. The Morgan fingerprint density at radius 1 is 1.20 bits per heavy atom. The van der Waals surface area contributed by atoms with Gasteiger partial charge in [0, 0.05) is 19.0 Å². The summed E-state index contributed by atoms with van der Waals surface area (Å²) in [4.78, 5) is 14.9. The summed E-state index contributed by atoms with van der Waals surface area (Å²) in [6.45, 7) is 4.22. The molecule has 0 aromatic heterocycles. The Morgan fingerprint density at radius 2 is 1.88 bits per heavy atom. The first kappa shape index (κ1) is 17.9. The van der Waals surface area contributed by atoms with E-state index in [1.54, 1.807) is 6.07 Å². The highest BCUT2D eigenvalue weighted by atomic mass is 35.5. The molecule has 1 aliphatic rings. The van der Waals surface area contributed by atoms with Crippen molar-refractivity contribution in [1.82, 2.24) is 4.90 Å². The fourth-order valence-electron chi connectivity index (χ4n) is 3.50. The maximum Gasteiger partial charge on any atom is 0.241 e. The number of hydrogen-bond donors (Lipinski definition) is 2. The van der Waals surface area contributed by atoms with E-state index >= 15 is 0 Å². The third-order valence-electron chi connectivity index (χ3n) is 5.06. The van der Waals surface area contributed by atoms with Crippen LogP contribution in [0.1, 0.15) is 18.4 Å². The van der Waals surface area contributed by atoms with Crippen LogP contribution in [0, 0.1) is 5.92 Å². The van der Waals surface area contributed by atoms with Gasteiger partial charge in [-0.05, 0) is 37.1 Å². The van der Waals surface area contributed by atoms with Crippen molar-refractivity contribution in [2.24, 2.45) is 11.7 Å². The quantitative estimate of drug-likeness (QED) is 0.862. The zero-order valence-electron chi connectivity index (χ0n) is 14.4. The molecule has 1 aliphatic heterocycles. The molecule has 2 aromatic carbocycles. The number of nitrogens with two attached hydrogens (primary N) is 1. The van der Waals surface area contributed by atoms with Gasteiger partial charge >= 0.3 is 0 Å². The lowest BCUT2D eigenvalue weighted by Crippen LogP contribution is -2.41. The van der Waals surface area contributed by atoms with Crippen LogP contribution in [0.3, 0.4) is 0 Å². The maximum atomic E-state index is 12.6. The van der Waals surface area contributed by atoms with Gasteiger partial charge in [0.15, 0.2) is 0 Å². The molecule has 0 spiro atoms. The van der Waals surface area contributed by atoms with Crippen LogP contribution in [0.25, 0.3) is 0 Å². The Bertz CT molecular complexity index is 722. The smallest absolute Gasteiger partial charge is 0.241 e. The van der Waals surface area contributed by atoms with E-state index < -0.39 is 0 Å². The Kier molecular flexibility index (Phi) is 5.74. The van der Waals surface area contributed by atoms with Crippen LogP contribution in [0.15, 0.2) is 54.6 Å².